The number of ether oxygens (including phenoxy) is 1. The zero-order valence-corrected chi connectivity index (χ0v) is 12.9. The fourth-order valence-corrected chi connectivity index (χ4v) is 2.01. The fourth-order valence-electron chi connectivity index (χ4n) is 2.01. The molecule has 2 atom stereocenters. The third-order valence-electron chi connectivity index (χ3n) is 3.11. The van der Waals surface area contributed by atoms with Crippen LogP contribution in [0.5, 0.6) is 0 Å². The van der Waals surface area contributed by atoms with Crippen molar-refractivity contribution < 1.29 is 14.6 Å². The van der Waals surface area contributed by atoms with Crippen LogP contribution < -0.4 is 5.32 Å². The van der Waals surface area contributed by atoms with Crippen LogP contribution in [0.25, 0.3) is 0 Å². The zero-order chi connectivity index (χ0) is 14.7. The van der Waals surface area contributed by atoms with Gasteiger partial charge in [-0.1, -0.05) is 46.5 Å². The van der Waals surface area contributed by atoms with E-state index in [2.05, 4.69) is 19.2 Å². The summed E-state index contributed by atoms with van der Waals surface area (Å²) in [4.78, 5) is 11.0. The van der Waals surface area contributed by atoms with E-state index < -0.39 is 12.0 Å². The van der Waals surface area contributed by atoms with Crippen molar-refractivity contribution in [3.8, 4) is 0 Å². The van der Waals surface area contributed by atoms with E-state index in [1.165, 1.54) is 25.7 Å². The van der Waals surface area contributed by atoms with Gasteiger partial charge in [-0.25, -0.2) is 0 Å². The van der Waals surface area contributed by atoms with Crippen LogP contribution in [0, 0.1) is 0 Å². The van der Waals surface area contributed by atoms with Gasteiger partial charge >= 0.3 is 5.97 Å². The first kappa shape index (κ1) is 18.4. The maximum absolute atomic E-state index is 11.0. The van der Waals surface area contributed by atoms with Crippen molar-refractivity contribution in [3.63, 3.8) is 0 Å². The van der Waals surface area contributed by atoms with Gasteiger partial charge in [0, 0.05) is 12.6 Å². The van der Waals surface area contributed by atoms with E-state index in [-0.39, 0.29) is 12.1 Å². The standard InChI is InChI=1S/C15H31NO3/c1-5-6-7-8-9-13(4)19-11-10-14(15(17)18)16-12(2)3/h12-14,16H,5-11H2,1-4H3,(H,17,18). The highest BCUT2D eigenvalue weighted by molar-refractivity contribution is 5.73. The molecule has 0 aromatic rings. The number of unbranched alkanes of at least 4 members (excludes halogenated alkanes) is 3. The van der Waals surface area contributed by atoms with Crippen LogP contribution in [0.2, 0.25) is 0 Å². The molecule has 0 rings (SSSR count). The van der Waals surface area contributed by atoms with Gasteiger partial charge in [0.05, 0.1) is 6.10 Å². The minimum Gasteiger partial charge on any atom is -0.480 e. The second kappa shape index (κ2) is 11.2. The van der Waals surface area contributed by atoms with E-state index in [0.717, 1.165) is 6.42 Å². The van der Waals surface area contributed by atoms with Crippen LogP contribution in [-0.4, -0.2) is 35.9 Å². The van der Waals surface area contributed by atoms with E-state index in [1.54, 1.807) is 0 Å². The van der Waals surface area contributed by atoms with Gasteiger partial charge in [0.1, 0.15) is 6.04 Å². The van der Waals surface area contributed by atoms with E-state index in [4.69, 9.17) is 9.84 Å². The summed E-state index contributed by atoms with van der Waals surface area (Å²) in [5.74, 6) is -0.798. The fraction of sp³-hybridized carbons (Fsp3) is 0.933. The lowest BCUT2D eigenvalue weighted by molar-refractivity contribution is -0.140. The van der Waals surface area contributed by atoms with Gasteiger partial charge in [0.25, 0.3) is 0 Å². The predicted octanol–water partition coefficient (Wildman–Crippen LogP) is 3.20. The Labute approximate surface area is 117 Å². The molecule has 0 aromatic carbocycles. The summed E-state index contributed by atoms with van der Waals surface area (Å²) in [5, 5.41) is 12.1. The molecule has 4 nitrogen and oxygen atoms in total. The number of hydrogen-bond acceptors (Lipinski definition) is 3. The Morgan fingerprint density at radius 1 is 1.16 bits per heavy atom. The number of rotatable bonds is 12. The molecule has 0 aromatic heterocycles. The van der Waals surface area contributed by atoms with Gasteiger partial charge in [0.15, 0.2) is 0 Å². The SMILES string of the molecule is CCCCCCC(C)OCCC(NC(C)C)C(=O)O. The van der Waals surface area contributed by atoms with Crippen LogP contribution in [-0.2, 0) is 9.53 Å². The predicted molar refractivity (Wildman–Crippen MR) is 78.5 cm³/mol. The molecule has 0 aliphatic rings. The summed E-state index contributed by atoms with van der Waals surface area (Å²) in [5.41, 5.74) is 0. The average Bonchev–Trinajstić information content (AvgIpc) is 2.33. The topological polar surface area (TPSA) is 58.6 Å². The van der Waals surface area contributed by atoms with Crippen molar-refractivity contribution in [2.45, 2.75) is 84.4 Å². The van der Waals surface area contributed by atoms with Crippen molar-refractivity contribution in [2.75, 3.05) is 6.61 Å². The summed E-state index contributed by atoms with van der Waals surface area (Å²) >= 11 is 0. The van der Waals surface area contributed by atoms with Crippen molar-refractivity contribution in [2.24, 2.45) is 0 Å². The van der Waals surface area contributed by atoms with Gasteiger partial charge in [-0.3, -0.25) is 4.79 Å². The highest BCUT2D eigenvalue weighted by Crippen LogP contribution is 2.08. The molecular formula is C15H31NO3. The number of carbonyl (C=O) groups is 1. The molecule has 114 valence electrons. The molecule has 0 heterocycles. The Hall–Kier alpha value is -0.610. The summed E-state index contributed by atoms with van der Waals surface area (Å²) in [6, 6.07) is -0.333. The van der Waals surface area contributed by atoms with Gasteiger partial charge in [-0.2, -0.15) is 0 Å². The Morgan fingerprint density at radius 3 is 2.37 bits per heavy atom. The van der Waals surface area contributed by atoms with Crippen LogP contribution in [0.3, 0.4) is 0 Å². The zero-order valence-electron chi connectivity index (χ0n) is 12.9. The summed E-state index contributed by atoms with van der Waals surface area (Å²) < 4.78 is 5.68. The molecule has 0 spiro atoms. The first-order valence-electron chi connectivity index (χ1n) is 7.57. The summed E-state index contributed by atoms with van der Waals surface area (Å²) in [6.45, 7) is 8.68. The average molecular weight is 273 g/mol. The van der Waals surface area contributed by atoms with Crippen molar-refractivity contribution in [1.29, 1.82) is 0 Å². The van der Waals surface area contributed by atoms with Gasteiger partial charge in [0.2, 0.25) is 0 Å². The van der Waals surface area contributed by atoms with Crippen molar-refractivity contribution in [1.82, 2.24) is 5.32 Å². The molecule has 0 bridgehead atoms. The second-order valence-corrected chi connectivity index (χ2v) is 5.53. The number of aliphatic carboxylic acids is 1. The molecule has 0 amide bonds. The Kier molecular flexibility index (Phi) is 10.9. The summed E-state index contributed by atoms with van der Waals surface area (Å²) in [6.07, 6.45) is 6.80. The molecule has 2 N–H and O–H groups in total. The molecule has 0 saturated heterocycles. The van der Waals surface area contributed by atoms with Gasteiger partial charge in [-0.05, 0) is 19.8 Å². The Balaban J connectivity index is 3.70. The lowest BCUT2D eigenvalue weighted by atomic mass is 10.1. The molecular weight excluding hydrogens is 242 g/mol. The highest BCUT2D eigenvalue weighted by atomic mass is 16.5. The minimum absolute atomic E-state index is 0.174. The van der Waals surface area contributed by atoms with Crippen LogP contribution >= 0.6 is 0 Å². The highest BCUT2D eigenvalue weighted by Gasteiger charge is 2.17. The van der Waals surface area contributed by atoms with Crippen molar-refractivity contribution in [3.05, 3.63) is 0 Å². The van der Waals surface area contributed by atoms with Crippen LogP contribution in [0.15, 0.2) is 0 Å². The Morgan fingerprint density at radius 2 is 1.84 bits per heavy atom. The molecule has 0 radical (unpaired) electrons. The maximum Gasteiger partial charge on any atom is 0.320 e. The third kappa shape index (κ3) is 11.0. The smallest absolute Gasteiger partial charge is 0.320 e. The quantitative estimate of drug-likeness (QED) is 0.536. The molecule has 0 aliphatic carbocycles. The number of carboxylic acids is 1. The first-order chi connectivity index (χ1) is 8.97. The van der Waals surface area contributed by atoms with E-state index in [1.807, 2.05) is 13.8 Å². The third-order valence-corrected chi connectivity index (χ3v) is 3.11. The molecule has 0 saturated carbocycles. The number of carboxylic acid groups (broad SMARTS) is 1. The first-order valence-corrected chi connectivity index (χ1v) is 7.57. The number of nitrogens with one attached hydrogen (secondary N) is 1. The lowest BCUT2D eigenvalue weighted by Gasteiger charge is -2.19. The van der Waals surface area contributed by atoms with Crippen LogP contribution in [0.4, 0.5) is 0 Å². The molecule has 0 aliphatic heterocycles. The lowest BCUT2D eigenvalue weighted by Crippen LogP contribution is -2.41. The second-order valence-electron chi connectivity index (χ2n) is 5.53. The molecule has 2 unspecified atom stereocenters. The van der Waals surface area contributed by atoms with E-state index in [9.17, 15) is 4.79 Å². The van der Waals surface area contributed by atoms with E-state index >= 15 is 0 Å². The Bertz CT molecular complexity index is 231. The molecule has 19 heavy (non-hydrogen) atoms. The monoisotopic (exact) mass is 273 g/mol. The molecule has 0 fully saturated rings. The maximum atomic E-state index is 11.0. The number of hydrogen-bond donors (Lipinski definition) is 2. The van der Waals surface area contributed by atoms with Crippen molar-refractivity contribution >= 4 is 5.97 Å². The minimum atomic E-state index is -0.798. The van der Waals surface area contributed by atoms with Gasteiger partial charge < -0.3 is 15.2 Å². The van der Waals surface area contributed by atoms with E-state index in [0.29, 0.717) is 13.0 Å². The summed E-state index contributed by atoms with van der Waals surface area (Å²) in [7, 11) is 0. The largest absolute Gasteiger partial charge is 0.480 e. The van der Waals surface area contributed by atoms with Crippen LogP contribution in [0.1, 0.15) is 66.2 Å². The van der Waals surface area contributed by atoms with Gasteiger partial charge in [-0.15, -0.1) is 0 Å². The molecule has 4 heteroatoms. The normalized spacial score (nSPS) is 14.6.